The molecular formula is C16H10BrIN2O2S. The van der Waals surface area contributed by atoms with Crippen LogP contribution in [0.2, 0.25) is 0 Å². The summed E-state index contributed by atoms with van der Waals surface area (Å²) in [7, 11) is 0. The number of phenolic OH excluding ortho intramolecular Hbond substituents is 1. The molecule has 0 aliphatic carbocycles. The lowest BCUT2D eigenvalue weighted by Crippen LogP contribution is -2.19. The SMILES string of the molecule is O=C1NC(=Nc2cccc(I)c2)S/C1=C/c1cc(Br)ccc1O. The number of benzene rings is 2. The first-order valence-corrected chi connectivity index (χ1v) is 9.24. The van der Waals surface area contributed by atoms with Crippen molar-refractivity contribution in [1.29, 1.82) is 0 Å². The Hall–Kier alpha value is -1.32. The van der Waals surface area contributed by atoms with E-state index in [1.165, 1.54) is 11.8 Å². The molecular weight excluding hydrogens is 491 g/mol. The molecule has 1 aliphatic rings. The van der Waals surface area contributed by atoms with Crippen molar-refractivity contribution in [2.45, 2.75) is 0 Å². The normalized spacial score (nSPS) is 17.7. The highest BCUT2D eigenvalue weighted by Gasteiger charge is 2.24. The number of carbonyl (C=O) groups is 1. The van der Waals surface area contributed by atoms with Gasteiger partial charge in [0.1, 0.15) is 5.75 Å². The first-order chi connectivity index (χ1) is 11.0. The minimum Gasteiger partial charge on any atom is -0.507 e. The quantitative estimate of drug-likeness (QED) is 0.466. The molecule has 1 saturated heterocycles. The van der Waals surface area contributed by atoms with Crippen LogP contribution in [0.25, 0.3) is 6.08 Å². The van der Waals surface area contributed by atoms with Gasteiger partial charge in [-0.05, 0) is 76.8 Å². The largest absolute Gasteiger partial charge is 0.507 e. The fraction of sp³-hybridized carbons (Fsp3) is 0. The fourth-order valence-corrected chi connectivity index (χ4v) is 3.66. The number of nitrogens with one attached hydrogen (secondary N) is 1. The van der Waals surface area contributed by atoms with E-state index >= 15 is 0 Å². The van der Waals surface area contributed by atoms with Gasteiger partial charge in [0, 0.05) is 13.6 Å². The van der Waals surface area contributed by atoms with E-state index in [1.807, 2.05) is 24.3 Å². The van der Waals surface area contributed by atoms with Gasteiger partial charge in [-0.3, -0.25) is 4.79 Å². The molecule has 1 amide bonds. The predicted octanol–water partition coefficient (Wildman–Crippen LogP) is 4.65. The minimum atomic E-state index is -0.223. The van der Waals surface area contributed by atoms with Crippen molar-refractivity contribution in [1.82, 2.24) is 5.32 Å². The maximum absolute atomic E-state index is 12.1. The molecule has 23 heavy (non-hydrogen) atoms. The second-order valence-electron chi connectivity index (χ2n) is 4.66. The molecule has 1 fully saturated rings. The molecule has 1 aliphatic heterocycles. The lowest BCUT2D eigenvalue weighted by atomic mass is 10.2. The number of carbonyl (C=O) groups excluding carboxylic acids is 1. The number of phenols is 1. The second kappa shape index (κ2) is 7.06. The molecule has 0 radical (unpaired) electrons. The predicted molar refractivity (Wildman–Crippen MR) is 106 cm³/mol. The number of halogens is 2. The molecule has 0 spiro atoms. The van der Waals surface area contributed by atoms with Gasteiger partial charge in [0.15, 0.2) is 5.17 Å². The van der Waals surface area contributed by atoms with Gasteiger partial charge in [-0.1, -0.05) is 22.0 Å². The Morgan fingerprint density at radius 3 is 2.87 bits per heavy atom. The van der Waals surface area contributed by atoms with Crippen LogP contribution in [-0.2, 0) is 4.79 Å². The van der Waals surface area contributed by atoms with E-state index in [0.717, 1.165) is 13.7 Å². The van der Waals surface area contributed by atoms with Gasteiger partial charge in [0.25, 0.3) is 5.91 Å². The topological polar surface area (TPSA) is 61.7 Å². The van der Waals surface area contributed by atoms with Crippen LogP contribution in [-0.4, -0.2) is 16.2 Å². The number of thioether (sulfide) groups is 1. The Kier molecular flexibility index (Phi) is 5.08. The van der Waals surface area contributed by atoms with Crippen LogP contribution in [0.5, 0.6) is 5.75 Å². The number of amides is 1. The van der Waals surface area contributed by atoms with Crippen LogP contribution in [0.1, 0.15) is 5.56 Å². The third-order valence-corrected chi connectivity index (χ3v) is 5.04. The zero-order valence-electron chi connectivity index (χ0n) is 11.6. The maximum atomic E-state index is 12.1. The van der Waals surface area contributed by atoms with E-state index < -0.39 is 0 Å². The summed E-state index contributed by atoms with van der Waals surface area (Å²) >= 11 is 6.82. The van der Waals surface area contributed by atoms with Crippen LogP contribution < -0.4 is 5.32 Å². The third kappa shape index (κ3) is 4.15. The van der Waals surface area contributed by atoms with E-state index in [0.29, 0.717) is 15.6 Å². The van der Waals surface area contributed by atoms with Crippen molar-refractivity contribution in [2.24, 2.45) is 4.99 Å². The van der Waals surface area contributed by atoms with Crippen molar-refractivity contribution in [3.8, 4) is 5.75 Å². The number of aromatic hydroxyl groups is 1. The third-order valence-electron chi connectivity index (χ3n) is 2.97. The van der Waals surface area contributed by atoms with Crippen molar-refractivity contribution >= 4 is 73.1 Å². The molecule has 3 rings (SSSR count). The number of rotatable bonds is 2. The molecule has 116 valence electrons. The molecule has 1 heterocycles. The van der Waals surface area contributed by atoms with Crippen molar-refractivity contribution in [2.75, 3.05) is 0 Å². The highest BCUT2D eigenvalue weighted by Crippen LogP contribution is 2.31. The average molecular weight is 501 g/mol. The minimum absolute atomic E-state index is 0.122. The zero-order valence-corrected chi connectivity index (χ0v) is 16.1. The van der Waals surface area contributed by atoms with Crippen LogP contribution in [0.4, 0.5) is 5.69 Å². The van der Waals surface area contributed by atoms with Gasteiger partial charge in [-0.2, -0.15) is 0 Å². The molecule has 4 nitrogen and oxygen atoms in total. The summed E-state index contributed by atoms with van der Waals surface area (Å²) < 4.78 is 1.91. The van der Waals surface area contributed by atoms with Gasteiger partial charge in [0.2, 0.25) is 0 Å². The van der Waals surface area contributed by atoms with E-state index in [2.05, 4.69) is 48.8 Å². The molecule has 0 atom stereocenters. The Bertz CT molecular complexity index is 852. The molecule has 0 aromatic heterocycles. The first-order valence-electron chi connectivity index (χ1n) is 6.55. The van der Waals surface area contributed by atoms with Gasteiger partial charge < -0.3 is 10.4 Å². The number of amidine groups is 1. The van der Waals surface area contributed by atoms with E-state index in [1.54, 1.807) is 24.3 Å². The highest BCUT2D eigenvalue weighted by atomic mass is 127. The zero-order chi connectivity index (χ0) is 16.4. The number of hydrogen-bond donors (Lipinski definition) is 2. The summed E-state index contributed by atoms with van der Waals surface area (Å²) in [6.07, 6.45) is 1.65. The summed E-state index contributed by atoms with van der Waals surface area (Å²) in [6.45, 7) is 0. The van der Waals surface area contributed by atoms with Crippen LogP contribution in [0, 0.1) is 3.57 Å². The summed E-state index contributed by atoms with van der Waals surface area (Å²) in [6, 6.07) is 12.8. The van der Waals surface area contributed by atoms with Gasteiger partial charge >= 0.3 is 0 Å². The van der Waals surface area contributed by atoms with E-state index in [-0.39, 0.29) is 11.7 Å². The van der Waals surface area contributed by atoms with E-state index in [4.69, 9.17) is 0 Å². The van der Waals surface area contributed by atoms with Crippen molar-refractivity contribution < 1.29 is 9.90 Å². The standard InChI is InChI=1S/C16H10BrIN2O2S/c17-10-4-5-13(21)9(6-10)7-14-15(22)20-16(23-14)19-12-3-1-2-11(18)8-12/h1-8,21H,(H,19,20,22)/b14-7+. The summed E-state index contributed by atoms with van der Waals surface area (Å²) in [5, 5.41) is 13.1. The molecule has 0 bridgehead atoms. The molecule has 2 N–H and O–H groups in total. The number of hydrogen-bond acceptors (Lipinski definition) is 4. The second-order valence-corrected chi connectivity index (χ2v) is 7.86. The van der Waals surface area contributed by atoms with Crippen LogP contribution in [0.15, 0.2) is 56.8 Å². The molecule has 7 heteroatoms. The van der Waals surface area contributed by atoms with E-state index in [9.17, 15) is 9.90 Å². The number of aliphatic imine (C=N–C) groups is 1. The maximum Gasteiger partial charge on any atom is 0.264 e. The Morgan fingerprint density at radius 2 is 2.09 bits per heavy atom. The first kappa shape index (κ1) is 16.5. The summed E-state index contributed by atoms with van der Waals surface area (Å²) in [4.78, 5) is 17.0. The van der Waals surface area contributed by atoms with Gasteiger partial charge in [-0.25, -0.2) is 4.99 Å². The summed E-state index contributed by atoms with van der Waals surface area (Å²) in [5.41, 5.74) is 1.36. The highest BCUT2D eigenvalue weighted by molar-refractivity contribution is 14.1. The van der Waals surface area contributed by atoms with Crippen molar-refractivity contribution in [3.63, 3.8) is 0 Å². The number of nitrogens with zero attached hydrogens (tertiary/aromatic N) is 1. The Morgan fingerprint density at radius 1 is 1.26 bits per heavy atom. The van der Waals surface area contributed by atoms with Crippen LogP contribution >= 0.6 is 50.3 Å². The van der Waals surface area contributed by atoms with Crippen molar-refractivity contribution in [3.05, 3.63) is 61.0 Å². The lowest BCUT2D eigenvalue weighted by molar-refractivity contribution is -0.115. The van der Waals surface area contributed by atoms with Gasteiger partial charge in [-0.15, -0.1) is 0 Å². The average Bonchev–Trinajstić information content (AvgIpc) is 2.83. The monoisotopic (exact) mass is 500 g/mol. The smallest absolute Gasteiger partial charge is 0.264 e. The van der Waals surface area contributed by atoms with Crippen LogP contribution in [0.3, 0.4) is 0 Å². The Balaban J connectivity index is 1.88. The molecule has 2 aromatic rings. The molecule has 0 saturated carbocycles. The molecule has 2 aromatic carbocycles. The fourth-order valence-electron chi connectivity index (χ4n) is 1.93. The molecule has 0 unspecified atom stereocenters. The lowest BCUT2D eigenvalue weighted by Gasteiger charge is -2.00. The van der Waals surface area contributed by atoms with Gasteiger partial charge in [0.05, 0.1) is 10.6 Å². The Labute approximate surface area is 159 Å². The summed E-state index contributed by atoms with van der Waals surface area (Å²) in [5.74, 6) is -0.101.